The zero-order valence-electron chi connectivity index (χ0n) is 33.9. The van der Waals surface area contributed by atoms with E-state index in [0.717, 1.165) is 13.1 Å². The number of allylic oxidation sites excluding steroid dienone is 2. The van der Waals surface area contributed by atoms with Crippen molar-refractivity contribution in [3.05, 3.63) is 82.5 Å². The molecule has 0 unspecified atom stereocenters. The highest BCUT2D eigenvalue weighted by atomic mass is 16.5. The molecule has 314 valence electrons. The number of hydrogen-bond donors (Lipinski definition) is 5. The molecule has 0 atom stereocenters. The van der Waals surface area contributed by atoms with Crippen molar-refractivity contribution in [3.63, 3.8) is 0 Å². The molecule has 0 radical (unpaired) electrons. The average molecular weight is 822 g/mol. The van der Waals surface area contributed by atoms with Gasteiger partial charge in [0.15, 0.2) is 0 Å². The lowest BCUT2D eigenvalue weighted by atomic mass is 10.1. The van der Waals surface area contributed by atoms with Gasteiger partial charge < -0.3 is 40.1 Å². The average Bonchev–Trinajstić information content (AvgIpc) is 3.95. The van der Waals surface area contributed by atoms with E-state index >= 15 is 0 Å². The highest BCUT2D eigenvalue weighted by Gasteiger charge is 2.24. The molecule has 6 aromatic rings. The molecule has 4 amide bonds. The van der Waals surface area contributed by atoms with Crippen LogP contribution in [0.1, 0.15) is 66.4 Å². The number of carbonyl (C=O) groups excluding carboxylic acids is 4. The highest BCUT2D eigenvalue weighted by Crippen LogP contribution is 2.33. The van der Waals surface area contributed by atoms with E-state index in [1.165, 1.54) is 23.9 Å². The largest absolute Gasteiger partial charge is 0.494 e. The minimum atomic E-state index is -0.670. The van der Waals surface area contributed by atoms with Crippen molar-refractivity contribution >= 4 is 57.6 Å². The van der Waals surface area contributed by atoms with E-state index < -0.39 is 23.6 Å². The second-order valence-electron chi connectivity index (χ2n) is 14.2. The summed E-state index contributed by atoms with van der Waals surface area (Å²) in [6.07, 6.45) is 4.44. The molecular weight excluding hydrogens is 775 g/mol. The first kappa shape index (κ1) is 41.1. The number of hydrogen-bond acceptors (Lipinski definition) is 12. The molecule has 0 bridgehead atoms. The minimum absolute atomic E-state index is 0.160. The van der Waals surface area contributed by atoms with Crippen LogP contribution in [0.4, 0.5) is 11.9 Å². The van der Waals surface area contributed by atoms with Crippen molar-refractivity contribution in [1.29, 1.82) is 0 Å². The van der Waals surface area contributed by atoms with Crippen molar-refractivity contribution in [2.75, 3.05) is 44.0 Å². The Morgan fingerprint density at radius 1 is 0.800 bits per heavy atom. The number of carbonyl (C=O) groups is 4. The molecule has 7 N–H and O–H groups in total. The highest BCUT2D eigenvalue weighted by molar-refractivity contribution is 6.05. The Kier molecular flexibility index (Phi) is 11.9. The number of nitrogens with zero attached hydrogens (tertiary/aromatic N) is 8. The van der Waals surface area contributed by atoms with Gasteiger partial charge in [-0.05, 0) is 57.2 Å². The van der Waals surface area contributed by atoms with Gasteiger partial charge in [0.2, 0.25) is 23.7 Å². The fourth-order valence-corrected chi connectivity index (χ4v) is 6.91. The topological polar surface area (TPSA) is 255 Å². The number of methoxy groups -OCH3 is 1. The molecule has 1 saturated heterocycles. The standard InChI is InChI=1S/C40H47N13O7/c1-6-53-30(15-23(3)49-53)38(57)47-40-44-27-16-24(35(41)54)18-31(58-5)33(27)51(40)10-7-8-11-52-34-28(45-39(52)46-37(56)29-14-22(2)48-50(29)4)17-25(36(42)55)19-32(34)60-13-9-12-59-26-20-43-21-26/h7-8,14-19,26,43H,6,9-13,20-21H2,1-5H3,(H2,41,54)(H2,42,55)(H,44,47,57)(H,45,46,56)/b8-7+. The first-order chi connectivity index (χ1) is 28.8. The number of nitrogens with one attached hydrogen (secondary N) is 3. The van der Waals surface area contributed by atoms with Gasteiger partial charge in [-0.2, -0.15) is 10.2 Å². The maximum atomic E-state index is 13.6. The van der Waals surface area contributed by atoms with Gasteiger partial charge >= 0.3 is 0 Å². The number of fused-ring (bicyclic) bond motifs is 2. The molecule has 20 heteroatoms. The van der Waals surface area contributed by atoms with Crippen LogP contribution in [0.25, 0.3) is 22.1 Å². The summed E-state index contributed by atoms with van der Waals surface area (Å²) < 4.78 is 24.4. The van der Waals surface area contributed by atoms with Gasteiger partial charge in [0, 0.05) is 57.3 Å². The van der Waals surface area contributed by atoms with E-state index in [1.54, 1.807) is 59.0 Å². The van der Waals surface area contributed by atoms with Gasteiger partial charge in [-0.1, -0.05) is 12.2 Å². The van der Waals surface area contributed by atoms with Crippen LogP contribution in [0, 0.1) is 13.8 Å². The lowest BCUT2D eigenvalue weighted by Gasteiger charge is -2.27. The summed E-state index contributed by atoms with van der Waals surface area (Å²) in [5.41, 5.74) is 15.5. The zero-order valence-corrected chi connectivity index (χ0v) is 33.9. The molecular formula is C40H47N13O7. The third-order valence-electron chi connectivity index (χ3n) is 9.91. The Balaban J connectivity index is 1.24. The molecule has 0 spiro atoms. The number of rotatable bonds is 18. The first-order valence-electron chi connectivity index (χ1n) is 19.3. The molecule has 5 heterocycles. The number of nitrogens with two attached hydrogens (primary N) is 2. The maximum absolute atomic E-state index is 13.6. The summed E-state index contributed by atoms with van der Waals surface area (Å²) >= 11 is 0. The molecule has 2 aromatic carbocycles. The summed E-state index contributed by atoms with van der Waals surface area (Å²) in [4.78, 5) is 61.3. The molecule has 7 rings (SSSR count). The number of primary amides is 2. The van der Waals surface area contributed by atoms with E-state index in [1.807, 2.05) is 19.1 Å². The second-order valence-corrected chi connectivity index (χ2v) is 14.2. The van der Waals surface area contributed by atoms with Crippen LogP contribution in [0.3, 0.4) is 0 Å². The Hall–Kier alpha value is -7.06. The lowest BCUT2D eigenvalue weighted by Crippen LogP contribution is -2.48. The van der Waals surface area contributed by atoms with E-state index in [-0.39, 0.29) is 48.8 Å². The smallest absolute Gasteiger partial charge is 0.276 e. The van der Waals surface area contributed by atoms with Crippen LogP contribution in [-0.4, -0.2) is 102 Å². The van der Waals surface area contributed by atoms with Crippen LogP contribution in [0.15, 0.2) is 48.6 Å². The lowest BCUT2D eigenvalue weighted by molar-refractivity contribution is 0.0136. The Labute approximate surface area is 343 Å². The van der Waals surface area contributed by atoms with Gasteiger partial charge in [0.05, 0.1) is 48.8 Å². The van der Waals surface area contributed by atoms with E-state index in [4.69, 9.17) is 30.7 Å². The predicted octanol–water partition coefficient (Wildman–Crippen LogP) is 2.68. The van der Waals surface area contributed by atoms with Gasteiger partial charge in [-0.3, -0.25) is 39.2 Å². The molecule has 1 fully saturated rings. The summed E-state index contributed by atoms with van der Waals surface area (Å²) in [7, 11) is 3.13. The normalized spacial score (nSPS) is 12.9. The van der Waals surface area contributed by atoms with E-state index in [0.29, 0.717) is 75.9 Å². The number of aromatic nitrogens is 8. The van der Waals surface area contributed by atoms with Crippen molar-refractivity contribution in [2.45, 2.75) is 52.9 Å². The van der Waals surface area contributed by atoms with Gasteiger partial charge in [-0.25, -0.2) is 9.97 Å². The van der Waals surface area contributed by atoms with Gasteiger partial charge in [-0.15, -0.1) is 0 Å². The SMILES string of the molecule is CCn1nc(C)cc1C(=O)Nc1nc2cc(C(N)=O)cc(OC)c2n1C/C=C/Cn1c(NC(=O)c2cc(C)nn2C)nc2cc(C(N)=O)cc(OCCCOC3CNC3)c21. The van der Waals surface area contributed by atoms with Crippen molar-refractivity contribution < 1.29 is 33.4 Å². The number of ether oxygens (including phenoxy) is 3. The summed E-state index contributed by atoms with van der Waals surface area (Å²) in [6, 6.07) is 9.50. The predicted molar refractivity (Wildman–Crippen MR) is 221 cm³/mol. The third kappa shape index (κ3) is 8.54. The van der Waals surface area contributed by atoms with Crippen LogP contribution in [-0.2, 0) is 31.4 Å². The Morgan fingerprint density at radius 2 is 1.35 bits per heavy atom. The van der Waals surface area contributed by atoms with E-state index in [2.05, 4.69) is 31.1 Å². The fourth-order valence-electron chi connectivity index (χ4n) is 6.91. The number of aryl methyl sites for hydroxylation is 4. The van der Waals surface area contributed by atoms with Crippen molar-refractivity contribution in [3.8, 4) is 11.5 Å². The number of benzene rings is 2. The van der Waals surface area contributed by atoms with Crippen LogP contribution in [0.5, 0.6) is 11.5 Å². The fraction of sp³-hybridized carbons (Fsp3) is 0.350. The number of anilines is 2. The van der Waals surface area contributed by atoms with Crippen LogP contribution >= 0.6 is 0 Å². The number of imidazole rings is 2. The minimum Gasteiger partial charge on any atom is -0.494 e. The summed E-state index contributed by atoms with van der Waals surface area (Å²) in [6.45, 7) is 8.65. The van der Waals surface area contributed by atoms with Crippen molar-refractivity contribution in [1.82, 2.24) is 44.0 Å². The third-order valence-corrected chi connectivity index (χ3v) is 9.91. The van der Waals surface area contributed by atoms with Crippen LogP contribution < -0.4 is 36.9 Å². The van der Waals surface area contributed by atoms with E-state index in [9.17, 15) is 19.2 Å². The second kappa shape index (κ2) is 17.4. The molecule has 1 aliphatic rings. The molecule has 1 aliphatic heterocycles. The maximum Gasteiger partial charge on any atom is 0.276 e. The monoisotopic (exact) mass is 821 g/mol. The Bertz CT molecular complexity index is 2650. The van der Waals surface area contributed by atoms with Gasteiger partial charge in [0.25, 0.3) is 11.8 Å². The molecule has 20 nitrogen and oxygen atoms in total. The van der Waals surface area contributed by atoms with Crippen LogP contribution in [0.2, 0.25) is 0 Å². The molecule has 4 aromatic heterocycles. The zero-order chi connectivity index (χ0) is 42.7. The Morgan fingerprint density at radius 3 is 1.87 bits per heavy atom. The number of amides is 4. The molecule has 0 aliphatic carbocycles. The summed E-state index contributed by atoms with van der Waals surface area (Å²) in [5.74, 6) is -1.22. The first-order valence-corrected chi connectivity index (χ1v) is 19.3. The molecule has 60 heavy (non-hydrogen) atoms. The summed E-state index contributed by atoms with van der Waals surface area (Å²) in [5, 5.41) is 17.7. The molecule has 0 saturated carbocycles. The quantitative estimate of drug-likeness (QED) is 0.0620. The van der Waals surface area contributed by atoms with Crippen molar-refractivity contribution in [2.24, 2.45) is 18.5 Å². The van der Waals surface area contributed by atoms with Gasteiger partial charge in [0.1, 0.15) is 33.9 Å².